The lowest BCUT2D eigenvalue weighted by atomic mass is 10.3. The Morgan fingerprint density at radius 2 is 1.23 bits per heavy atom. The third kappa shape index (κ3) is 5.77. The SMILES string of the molecule is NC(=NN=C([O-])c1cc(=S)cc(C([O-])=NN=C(N)c2ccccn2)[nH]1)c1ccccn1. The Bertz CT molecular complexity index is 1140. The zero-order valence-corrected chi connectivity index (χ0v) is 16.7. The maximum Gasteiger partial charge on any atom is 0.171 e. The number of H-pyrrole nitrogens is 1. The van der Waals surface area contributed by atoms with Crippen molar-refractivity contribution in [2.45, 2.75) is 0 Å². The molecule has 0 radical (unpaired) electrons. The normalized spacial score (nSPS) is 13.3. The van der Waals surface area contributed by atoms with Gasteiger partial charge in [0, 0.05) is 28.7 Å². The Morgan fingerprint density at radius 3 is 1.61 bits per heavy atom. The molecule has 3 heterocycles. The van der Waals surface area contributed by atoms with Crippen LogP contribution in [-0.2, 0) is 0 Å². The quantitative estimate of drug-likeness (QED) is 0.200. The average Bonchev–Trinajstić information content (AvgIpc) is 2.81. The van der Waals surface area contributed by atoms with Gasteiger partial charge >= 0.3 is 0 Å². The van der Waals surface area contributed by atoms with Crippen LogP contribution in [0.15, 0.2) is 81.3 Å². The van der Waals surface area contributed by atoms with Gasteiger partial charge in [-0.1, -0.05) is 24.4 Å². The van der Waals surface area contributed by atoms with Crippen molar-refractivity contribution in [1.82, 2.24) is 15.0 Å². The summed E-state index contributed by atoms with van der Waals surface area (Å²) in [4.78, 5) is 10.6. The number of hydrogen-bond donors (Lipinski definition) is 3. The van der Waals surface area contributed by atoms with Crippen molar-refractivity contribution in [3.63, 3.8) is 0 Å². The van der Waals surface area contributed by atoms with Gasteiger partial charge in [-0.2, -0.15) is 10.2 Å². The van der Waals surface area contributed by atoms with Gasteiger partial charge in [-0.3, -0.25) is 9.97 Å². The van der Waals surface area contributed by atoms with Crippen LogP contribution in [0.3, 0.4) is 0 Å². The fourth-order valence-corrected chi connectivity index (χ4v) is 2.45. The van der Waals surface area contributed by atoms with E-state index in [1.165, 1.54) is 24.5 Å². The molecule has 12 heteroatoms. The summed E-state index contributed by atoms with van der Waals surface area (Å²) in [7, 11) is 0. The van der Waals surface area contributed by atoms with Crippen LogP contribution in [0.4, 0.5) is 0 Å². The van der Waals surface area contributed by atoms with Gasteiger partial charge in [0.05, 0.1) is 11.4 Å². The second-order valence-electron chi connectivity index (χ2n) is 5.85. The van der Waals surface area contributed by atoms with Crippen molar-refractivity contribution in [3.05, 3.63) is 88.2 Å². The molecule has 3 aromatic heterocycles. The molecule has 0 aromatic carbocycles. The van der Waals surface area contributed by atoms with Crippen molar-refractivity contribution in [2.75, 3.05) is 0 Å². The second-order valence-corrected chi connectivity index (χ2v) is 6.33. The minimum atomic E-state index is -0.795. The molecular formula is C19H15N9O2S-2. The Kier molecular flexibility index (Phi) is 6.75. The molecule has 0 amide bonds. The van der Waals surface area contributed by atoms with Crippen LogP contribution in [0.2, 0.25) is 0 Å². The molecule has 31 heavy (non-hydrogen) atoms. The van der Waals surface area contributed by atoms with E-state index in [0.717, 1.165) is 0 Å². The Morgan fingerprint density at radius 1 is 0.774 bits per heavy atom. The van der Waals surface area contributed by atoms with Gasteiger partial charge in [0.1, 0.15) is 11.4 Å². The van der Waals surface area contributed by atoms with E-state index < -0.39 is 11.8 Å². The smallest absolute Gasteiger partial charge is 0.171 e. The molecule has 0 saturated heterocycles. The van der Waals surface area contributed by atoms with Gasteiger partial charge in [0.25, 0.3) is 0 Å². The molecule has 0 fully saturated rings. The van der Waals surface area contributed by atoms with Crippen molar-refractivity contribution < 1.29 is 10.2 Å². The van der Waals surface area contributed by atoms with Gasteiger partial charge in [-0.25, -0.2) is 0 Å². The summed E-state index contributed by atoms with van der Waals surface area (Å²) in [6.45, 7) is 0. The van der Waals surface area contributed by atoms with Gasteiger partial charge in [0.2, 0.25) is 0 Å². The Hall–Kier alpha value is -4.45. The maximum atomic E-state index is 12.3. The molecule has 0 saturated carbocycles. The largest absolute Gasteiger partial charge is 0.856 e. The standard InChI is InChI=1S/C19H17N9O2S/c20-16(12-5-1-3-7-22-12)25-27-18(29)14-9-11(31)10-15(24-14)19(30)28-26-17(21)13-6-2-4-8-23-13/h1-10H,(H2,20,25)(H2,21,26)(H,24,31)(H,27,29)(H,28,30)/p-2. The van der Waals surface area contributed by atoms with E-state index in [0.29, 0.717) is 11.4 Å². The molecule has 3 aromatic rings. The topological polar surface area (TPSA) is 189 Å². The first-order chi connectivity index (χ1) is 14.9. The van der Waals surface area contributed by atoms with E-state index in [1.807, 2.05) is 0 Å². The highest BCUT2D eigenvalue weighted by Crippen LogP contribution is 2.04. The third-order valence-corrected chi connectivity index (χ3v) is 3.89. The first-order valence-corrected chi connectivity index (χ1v) is 9.09. The van der Waals surface area contributed by atoms with Gasteiger partial charge in [0.15, 0.2) is 11.7 Å². The van der Waals surface area contributed by atoms with Crippen LogP contribution >= 0.6 is 12.2 Å². The number of aromatic amines is 1. The molecule has 11 nitrogen and oxygen atoms in total. The third-order valence-electron chi connectivity index (χ3n) is 3.66. The minimum Gasteiger partial charge on any atom is -0.856 e. The predicted molar refractivity (Wildman–Crippen MR) is 115 cm³/mol. The second kappa shape index (κ2) is 9.84. The molecule has 0 bridgehead atoms. The highest BCUT2D eigenvalue weighted by molar-refractivity contribution is 7.71. The predicted octanol–water partition coefficient (Wildman–Crippen LogP) is -0.611. The van der Waals surface area contributed by atoms with E-state index in [-0.39, 0.29) is 27.6 Å². The summed E-state index contributed by atoms with van der Waals surface area (Å²) < 4.78 is 0.208. The number of hydrogen-bond acceptors (Lipinski definition) is 9. The van der Waals surface area contributed by atoms with Crippen molar-refractivity contribution in [3.8, 4) is 0 Å². The van der Waals surface area contributed by atoms with Crippen molar-refractivity contribution in [1.29, 1.82) is 0 Å². The highest BCUT2D eigenvalue weighted by Gasteiger charge is 2.02. The molecule has 3 rings (SSSR count). The van der Waals surface area contributed by atoms with Crippen LogP contribution in [0, 0.1) is 4.51 Å². The first kappa shape index (κ1) is 21.3. The lowest BCUT2D eigenvalue weighted by Crippen LogP contribution is -2.25. The molecule has 0 spiro atoms. The number of nitrogens with zero attached hydrogens (tertiary/aromatic N) is 6. The molecule has 156 valence electrons. The van der Waals surface area contributed by atoms with Crippen LogP contribution in [-0.4, -0.2) is 38.4 Å². The summed E-state index contributed by atoms with van der Waals surface area (Å²) in [6, 6.07) is 12.7. The number of rotatable bonds is 6. The van der Waals surface area contributed by atoms with Crippen LogP contribution in [0.5, 0.6) is 0 Å². The first-order valence-electron chi connectivity index (χ1n) is 8.68. The number of nitrogens with one attached hydrogen (secondary N) is 1. The Labute approximate surface area is 181 Å². The lowest BCUT2D eigenvalue weighted by molar-refractivity contribution is -0.214. The summed E-state index contributed by atoms with van der Waals surface area (Å²) in [5, 5.41) is 39.1. The summed E-state index contributed by atoms with van der Waals surface area (Å²) in [6.07, 6.45) is 3.05. The number of amidine groups is 2. The van der Waals surface area contributed by atoms with Gasteiger partial charge in [-0.15, -0.1) is 10.2 Å². The molecular weight excluding hydrogens is 418 g/mol. The molecule has 0 atom stereocenters. The summed E-state index contributed by atoms with van der Waals surface area (Å²) in [5.74, 6) is -1.68. The molecule has 0 unspecified atom stereocenters. The van der Waals surface area contributed by atoms with E-state index in [2.05, 4.69) is 35.4 Å². The maximum absolute atomic E-state index is 12.3. The summed E-state index contributed by atoms with van der Waals surface area (Å²) in [5.41, 5.74) is 12.1. The number of pyridine rings is 3. The zero-order valence-electron chi connectivity index (χ0n) is 15.8. The highest BCUT2D eigenvalue weighted by atomic mass is 32.1. The van der Waals surface area contributed by atoms with E-state index in [1.54, 1.807) is 36.4 Å². The Balaban J connectivity index is 1.86. The van der Waals surface area contributed by atoms with Gasteiger partial charge in [-0.05, 0) is 36.4 Å². The van der Waals surface area contributed by atoms with E-state index >= 15 is 0 Å². The molecule has 0 aliphatic rings. The monoisotopic (exact) mass is 433 g/mol. The van der Waals surface area contributed by atoms with Gasteiger partial charge < -0.3 is 26.7 Å². The molecule has 5 N–H and O–H groups in total. The van der Waals surface area contributed by atoms with Crippen LogP contribution in [0.25, 0.3) is 0 Å². The fourth-order valence-electron chi connectivity index (χ4n) is 2.21. The van der Waals surface area contributed by atoms with Crippen molar-refractivity contribution >= 4 is 35.7 Å². The zero-order chi connectivity index (χ0) is 22.2. The van der Waals surface area contributed by atoms with Crippen LogP contribution in [0.1, 0.15) is 22.8 Å². The molecule has 0 aliphatic heterocycles. The molecule has 0 aliphatic carbocycles. The van der Waals surface area contributed by atoms with Crippen molar-refractivity contribution in [2.24, 2.45) is 31.9 Å². The number of nitrogens with two attached hydrogens (primary N) is 2. The van der Waals surface area contributed by atoms with E-state index in [4.69, 9.17) is 23.7 Å². The van der Waals surface area contributed by atoms with Crippen LogP contribution < -0.4 is 21.7 Å². The summed E-state index contributed by atoms with van der Waals surface area (Å²) >= 11 is 5.10. The van der Waals surface area contributed by atoms with E-state index in [9.17, 15) is 10.2 Å². The average molecular weight is 433 g/mol. The number of aromatic nitrogens is 3. The lowest BCUT2D eigenvalue weighted by Gasteiger charge is -2.14. The minimum absolute atomic E-state index is 0.0471. The fraction of sp³-hybridized carbons (Fsp3) is 0.